The molecule has 0 radical (unpaired) electrons. The van der Waals surface area contributed by atoms with E-state index in [4.69, 9.17) is 28.4 Å². The fourth-order valence-corrected chi connectivity index (χ4v) is 7.42. The summed E-state index contributed by atoms with van der Waals surface area (Å²) < 4.78 is 34.9. The number of carbonyl (C=O) groups excluding carboxylic acids is 5. The number of unbranched alkanes of at least 4 members (excludes halogenated alkanes) is 2. The second-order valence-corrected chi connectivity index (χ2v) is 13.0. The Labute approximate surface area is 262 Å². The summed E-state index contributed by atoms with van der Waals surface area (Å²) >= 11 is 0. The van der Waals surface area contributed by atoms with Crippen LogP contribution in [0.5, 0.6) is 0 Å². The lowest BCUT2D eigenvalue weighted by molar-refractivity contribution is -0.230. The lowest BCUT2D eigenvalue weighted by Gasteiger charge is -2.55. The zero-order chi connectivity index (χ0) is 33.7. The predicted octanol–water partition coefficient (Wildman–Crippen LogP) is 1.99. The van der Waals surface area contributed by atoms with Crippen molar-refractivity contribution in [3.63, 3.8) is 0 Å². The highest BCUT2D eigenvalue weighted by molar-refractivity contribution is 5.89. The number of epoxide rings is 1. The summed E-state index contributed by atoms with van der Waals surface area (Å²) in [7, 11) is 0. The van der Waals surface area contributed by atoms with Gasteiger partial charge in [0.25, 0.3) is 0 Å². The minimum atomic E-state index is -2.09. The van der Waals surface area contributed by atoms with Gasteiger partial charge in [-0.05, 0) is 44.9 Å². The second-order valence-electron chi connectivity index (χ2n) is 13.0. The molecule has 2 fully saturated rings. The zero-order valence-corrected chi connectivity index (χ0v) is 27.0. The van der Waals surface area contributed by atoms with E-state index in [0.29, 0.717) is 6.42 Å². The molecule has 2 unspecified atom stereocenters. The third-order valence-electron chi connectivity index (χ3n) is 9.57. The maximum absolute atomic E-state index is 13.3. The van der Waals surface area contributed by atoms with Gasteiger partial charge in [0.1, 0.15) is 30.0 Å². The van der Waals surface area contributed by atoms with Crippen LogP contribution in [0.1, 0.15) is 81.1 Å². The third kappa shape index (κ3) is 5.78. The minimum absolute atomic E-state index is 0.0687. The van der Waals surface area contributed by atoms with E-state index >= 15 is 0 Å². The first-order valence-electron chi connectivity index (χ1n) is 15.3. The molecule has 2 saturated heterocycles. The van der Waals surface area contributed by atoms with Gasteiger partial charge in [-0.2, -0.15) is 0 Å². The van der Waals surface area contributed by atoms with Gasteiger partial charge in [-0.1, -0.05) is 32.8 Å². The van der Waals surface area contributed by atoms with E-state index in [1.165, 1.54) is 32.1 Å². The first kappa shape index (κ1) is 34.6. The molecule has 13 nitrogen and oxygen atoms in total. The van der Waals surface area contributed by atoms with Crippen LogP contribution < -0.4 is 0 Å². The molecule has 4 rings (SSSR count). The van der Waals surface area contributed by atoms with Gasteiger partial charge < -0.3 is 38.6 Å². The van der Waals surface area contributed by atoms with Crippen molar-refractivity contribution in [3.05, 3.63) is 23.8 Å². The number of esters is 5. The Morgan fingerprint density at radius 1 is 0.933 bits per heavy atom. The van der Waals surface area contributed by atoms with Gasteiger partial charge in [0.2, 0.25) is 0 Å². The van der Waals surface area contributed by atoms with Gasteiger partial charge in [-0.25, -0.2) is 4.79 Å². The van der Waals surface area contributed by atoms with Crippen molar-refractivity contribution in [2.75, 3.05) is 0 Å². The number of aliphatic hydroxyl groups excluding tert-OH is 1. The summed E-state index contributed by atoms with van der Waals surface area (Å²) in [4.78, 5) is 63.7. The van der Waals surface area contributed by atoms with Crippen molar-refractivity contribution in [1.29, 1.82) is 0 Å². The summed E-state index contributed by atoms with van der Waals surface area (Å²) in [5.74, 6) is -5.05. The molecule has 13 heteroatoms. The molecule has 2 aliphatic heterocycles. The number of aliphatic hydroxyl groups is 2. The van der Waals surface area contributed by atoms with Crippen molar-refractivity contribution in [3.8, 4) is 0 Å². The van der Waals surface area contributed by atoms with Crippen LogP contribution in [0.15, 0.2) is 23.8 Å². The Kier molecular flexibility index (Phi) is 9.33. The maximum Gasteiger partial charge on any atom is 0.342 e. The average molecular weight is 637 g/mol. The van der Waals surface area contributed by atoms with Crippen LogP contribution in [-0.2, 0) is 52.4 Å². The first-order valence-corrected chi connectivity index (χ1v) is 15.3. The quantitative estimate of drug-likeness (QED) is 0.130. The Morgan fingerprint density at radius 2 is 1.53 bits per heavy atom. The van der Waals surface area contributed by atoms with Crippen LogP contribution >= 0.6 is 0 Å². The number of ether oxygens (including phenoxy) is 6. The monoisotopic (exact) mass is 636 g/mol. The summed E-state index contributed by atoms with van der Waals surface area (Å²) in [5, 5.41) is 24.3. The van der Waals surface area contributed by atoms with Gasteiger partial charge in [-0.3, -0.25) is 19.2 Å². The van der Waals surface area contributed by atoms with E-state index in [1.54, 1.807) is 13.8 Å². The van der Waals surface area contributed by atoms with Gasteiger partial charge in [0.05, 0.1) is 0 Å². The van der Waals surface area contributed by atoms with E-state index in [9.17, 15) is 34.2 Å². The molecule has 0 amide bonds. The van der Waals surface area contributed by atoms with E-state index < -0.39 is 94.6 Å². The van der Waals surface area contributed by atoms with Crippen molar-refractivity contribution in [2.45, 2.75) is 135 Å². The van der Waals surface area contributed by atoms with E-state index in [1.807, 2.05) is 6.92 Å². The van der Waals surface area contributed by atoms with Crippen LogP contribution in [0, 0.1) is 11.3 Å². The SMILES string of the molecule is CCCCCC(=O)OC1/C(C)=C\[C@H]2OC(=O)[C@@]3(C)O[C@@]23C(OC(C)=O)[C@@H]2[C@@](C)(O)[C@@H](OC(C)=O)C=C[C@@]2(C)[C@H](OC(C)=O)[C@H]1O. The number of carbonyl (C=O) groups is 5. The second kappa shape index (κ2) is 12.1. The number of rotatable bonds is 8. The third-order valence-corrected chi connectivity index (χ3v) is 9.57. The lowest BCUT2D eigenvalue weighted by atomic mass is 9.55. The highest BCUT2D eigenvalue weighted by atomic mass is 16.7. The van der Waals surface area contributed by atoms with Crippen molar-refractivity contribution < 1.29 is 62.6 Å². The Hall–Kier alpha value is -3.29. The molecule has 2 aliphatic carbocycles. The Balaban J connectivity index is 2.01. The molecule has 2 N–H and O–H groups in total. The minimum Gasteiger partial charge on any atom is -0.459 e. The van der Waals surface area contributed by atoms with Gasteiger partial charge in [-0.15, -0.1) is 0 Å². The van der Waals surface area contributed by atoms with Crippen LogP contribution in [0.25, 0.3) is 0 Å². The van der Waals surface area contributed by atoms with Crippen molar-refractivity contribution >= 4 is 29.8 Å². The largest absolute Gasteiger partial charge is 0.459 e. The summed E-state index contributed by atoms with van der Waals surface area (Å²) in [6.07, 6.45) is -2.05. The van der Waals surface area contributed by atoms with E-state index in [-0.39, 0.29) is 12.0 Å². The molecule has 0 saturated carbocycles. The number of fused-ring (bicyclic) bond motifs is 1. The highest BCUT2D eigenvalue weighted by Gasteiger charge is 2.88. The molecule has 1 spiro atoms. The molecule has 0 aromatic carbocycles. The first-order chi connectivity index (χ1) is 20.9. The molecule has 4 aliphatic rings. The summed E-state index contributed by atoms with van der Waals surface area (Å²) in [6, 6.07) is 0. The molecule has 45 heavy (non-hydrogen) atoms. The molecule has 2 heterocycles. The van der Waals surface area contributed by atoms with Gasteiger partial charge >= 0.3 is 29.8 Å². The molecule has 0 aromatic rings. The summed E-state index contributed by atoms with van der Waals surface area (Å²) in [5.41, 5.74) is -6.81. The van der Waals surface area contributed by atoms with Gasteiger partial charge in [0.15, 0.2) is 23.4 Å². The van der Waals surface area contributed by atoms with E-state index in [0.717, 1.165) is 33.6 Å². The highest BCUT2D eigenvalue weighted by Crippen LogP contribution is 2.65. The Morgan fingerprint density at radius 3 is 2.09 bits per heavy atom. The van der Waals surface area contributed by atoms with Crippen LogP contribution in [0.2, 0.25) is 0 Å². The molecule has 0 aromatic heterocycles. The van der Waals surface area contributed by atoms with Crippen molar-refractivity contribution in [2.24, 2.45) is 11.3 Å². The standard InChI is InChI=1S/C32H44O13/c1-9-10-11-12-22(36)44-24-16(2)15-21-32(31(8,45-32)28(38)43-21)27(42-19(5)35)25-29(6,26(23(24)37)41-18(4)34)14-13-20(30(25,7)39)40-17(3)33/h13-15,20-21,23-27,37,39H,9-12H2,1-8H3/b16-15-/t20-,21+,23-,24?,25-,26+,27?,29+,30-,31+,32+/m0/s1. The predicted molar refractivity (Wildman–Crippen MR) is 154 cm³/mol. The number of hydrogen-bond donors (Lipinski definition) is 2. The van der Waals surface area contributed by atoms with Crippen LogP contribution in [0.4, 0.5) is 0 Å². The maximum atomic E-state index is 13.3. The smallest absolute Gasteiger partial charge is 0.342 e. The van der Waals surface area contributed by atoms with Crippen LogP contribution in [0.3, 0.4) is 0 Å². The fraction of sp³-hybridized carbons (Fsp3) is 0.719. The fourth-order valence-electron chi connectivity index (χ4n) is 7.42. The van der Waals surface area contributed by atoms with E-state index in [2.05, 4.69) is 0 Å². The van der Waals surface area contributed by atoms with Crippen molar-refractivity contribution in [1.82, 2.24) is 0 Å². The summed E-state index contributed by atoms with van der Waals surface area (Å²) in [6.45, 7) is 11.4. The van der Waals surface area contributed by atoms with Crippen LogP contribution in [-0.4, -0.2) is 93.5 Å². The lowest BCUT2D eigenvalue weighted by Crippen LogP contribution is -2.69. The molecular weight excluding hydrogens is 592 g/mol. The molecule has 11 atom stereocenters. The molecule has 0 bridgehead atoms. The normalized spacial score (nSPS) is 42.8. The average Bonchev–Trinajstić information content (AvgIpc) is 3.51. The molecule has 250 valence electrons. The zero-order valence-electron chi connectivity index (χ0n) is 27.0. The van der Waals surface area contributed by atoms with Gasteiger partial charge in [0, 0.05) is 38.5 Å². The number of hydrogen-bond acceptors (Lipinski definition) is 13. The topological polar surface area (TPSA) is 184 Å². The molecular formula is C32H44O13. The Bertz CT molecular complexity index is 1300.